The Kier molecular flexibility index (Phi) is 3.44. The summed E-state index contributed by atoms with van der Waals surface area (Å²) in [6.45, 7) is 5.67. The number of hydrogen-bond donors (Lipinski definition) is 2. The van der Waals surface area contributed by atoms with E-state index < -0.39 is 0 Å². The van der Waals surface area contributed by atoms with Crippen LogP contribution in [0.2, 0.25) is 0 Å². The fraction of sp³-hybridized carbons (Fsp3) is 0.556. The minimum absolute atomic E-state index is 0.0441. The Morgan fingerprint density at radius 3 is 2.79 bits per heavy atom. The molecule has 1 heterocycles. The van der Waals surface area contributed by atoms with Crippen molar-refractivity contribution < 1.29 is 5.11 Å². The molecule has 0 bridgehead atoms. The molecule has 4 nitrogen and oxygen atoms in total. The van der Waals surface area contributed by atoms with Gasteiger partial charge in [0, 0.05) is 6.20 Å². The number of aliphatic hydroxyl groups is 1. The summed E-state index contributed by atoms with van der Waals surface area (Å²) < 4.78 is 0.796. The van der Waals surface area contributed by atoms with Gasteiger partial charge >= 0.3 is 0 Å². The largest absolute Gasteiger partial charge is 0.394 e. The molecule has 0 aliphatic carbocycles. The normalized spacial score (nSPS) is 11.5. The predicted octanol–water partition coefficient (Wildman–Crippen LogP) is 1.73. The topological polar surface area (TPSA) is 58.0 Å². The fourth-order valence-electron chi connectivity index (χ4n) is 0.903. The lowest BCUT2D eigenvalue weighted by molar-refractivity contribution is 0.234. The molecular formula is C9H14BrN3O. The van der Waals surface area contributed by atoms with Crippen molar-refractivity contribution in [3.63, 3.8) is 0 Å². The van der Waals surface area contributed by atoms with Crippen LogP contribution in [0.3, 0.4) is 0 Å². The van der Waals surface area contributed by atoms with E-state index >= 15 is 0 Å². The van der Waals surface area contributed by atoms with Crippen molar-refractivity contribution in [1.82, 2.24) is 9.97 Å². The van der Waals surface area contributed by atoms with E-state index in [0.717, 1.165) is 4.47 Å². The Morgan fingerprint density at radius 2 is 2.21 bits per heavy atom. The van der Waals surface area contributed by atoms with Gasteiger partial charge in [0.05, 0.1) is 16.6 Å². The lowest BCUT2D eigenvalue weighted by Crippen LogP contribution is -2.35. The zero-order valence-corrected chi connectivity index (χ0v) is 10.1. The summed E-state index contributed by atoms with van der Waals surface area (Å²) in [5.41, 5.74) is -0.386. The SMILES string of the molecule is Cc1ncc(Br)c(NC(C)(C)CO)n1. The van der Waals surface area contributed by atoms with Crippen molar-refractivity contribution in [3.05, 3.63) is 16.5 Å². The Bertz CT molecular complexity index is 328. The van der Waals surface area contributed by atoms with Gasteiger partial charge in [0.15, 0.2) is 0 Å². The molecule has 0 unspecified atom stereocenters. The third kappa shape index (κ3) is 2.92. The van der Waals surface area contributed by atoms with Gasteiger partial charge in [-0.2, -0.15) is 0 Å². The maximum absolute atomic E-state index is 9.09. The minimum Gasteiger partial charge on any atom is -0.394 e. The van der Waals surface area contributed by atoms with Gasteiger partial charge in [-0.3, -0.25) is 0 Å². The van der Waals surface area contributed by atoms with Crippen LogP contribution < -0.4 is 5.32 Å². The summed E-state index contributed by atoms with van der Waals surface area (Å²) in [5.74, 6) is 1.40. The standard InChI is InChI=1S/C9H14BrN3O/c1-6-11-4-7(10)8(12-6)13-9(2,3)5-14/h4,14H,5H2,1-3H3,(H,11,12,13). The highest BCUT2D eigenvalue weighted by Crippen LogP contribution is 2.21. The molecular weight excluding hydrogens is 246 g/mol. The van der Waals surface area contributed by atoms with Crippen LogP contribution in [-0.2, 0) is 0 Å². The number of halogens is 1. The molecule has 1 aromatic rings. The smallest absolute Gasteiger partial charge is 0.144 e. The number of aryl methyl sites for hydroxylation is 1. The van der Waals surface area contributed by atoms with Crippen molar-refractivity contribution in [2.45, 2.75) is 26.3 Å². The van der Waals surface area contributed by atoms with Gasteiger partial charge in [0.1, 0.15) is 11.6 Å². The molecule has 0 radical (unpaired) electrons. The van der Waals surface area contributed by atoms with Gasteiger partial charge in [-0.15, -0.1) is 0 Å². The second-order valence-corrected chi connectivity index (χ2v) is 4.64. The predicted molar refractivity (Wildman–Crippen MR) is 59.3 cm³/mol. The highest BCUT2D eigenvalue weighted by atomic mass is 79.9. The molecule has 2 N–H and O–H groups in total. The Morgan fingerprint density at radius 1 is 1.57 bits per heavy atom. The van der Waals surface area contributed by atoms with E-state index in [9.17, 15) is 0 Å². The molecule has 0 atom stereocenters. The van der Waals surface area contributed by atoms with Gasteiger partial charge in [-0.05, 0) is 36.7 Å². The first-order valence-electron chi connectivity index (χ1n) is 4.33. The molecule has 0 saturated carbocycles. The molecule has 78 valence electrons. The second kappa shape index (κ2) is 4.23. The summed E-state index contributed by atoms with van der Waals surface area (Å²) in [6.07, 6.45) is 1.69. The van der Waals surface area contributed by atoms with Gasteiger partial charge in [-0.25, -0.2) is 9.97 Å². The maximum atomic E-state index is 9.09. The summed E-state index contributed by atoms with van der Waals surface area (Å²) in [5, 5.41) is 12.2. The van der Waals surface area contributed by atoms with E-state index in [-0.39, 0.29) is 12.1 Å². The van der Waals surface area contributed by atoms with Crippen LogP contribution in [0.25, 0.3) is 0 Å². The number of hydrogen-bond acceptors (Lipinski definition) is 4. The molecule has 0 aliphatic heterocycles. The molecule has 1 aromatic heterocycles. The van der Waals surface area contributed by atoms with Crippen molar-refractivity contribution in [1.29, 1.82) is 0 Å². The van der Waals surface area contributed by atoms with E-state index in [1.54, 1.807) is 6.20 Å². The Hall–Kier alpha value is -0.680. The van der Waals surface area contributed by atoms with E-state index in [4.69, 9.17) is 5.11 Å². The van der Waals surface area contributed by atoms with Gasteiger partial charge in [0.25, 0.3) is 0 Å². The Labute approximate surface area is 91.9 Å². The van der Waals surface area contributed by atoms with Crippen molar-refractivity contribution in [3.8, 4) is 0 Å². The third-order valence-electron chi connectivity index (χ3n) is 1.72. The number of rotatable bonds is 3. The van der Waals surface area contributed by atoms with E-state index in [1.807, 2.05) is 20.8 Å². The van der Waals surface area contributed by atoms with Gasteiger partial charge in [-0.1, -0.05) is 0 Å². The number of nitrogens with one attached hydrogen (secondary N) is 1. The summed E-state index contributed by atoms with van der Waals surface area (Å²) in [7, 11) is 0. The first-order valence-corrected chi connectivity index (χ1v) is 5.12. The van der Waals surface area contributed by atoms with Gasteiger partial charge < -0.3 is 10.4 Å². The summed E-state index contributed by atoms with van der Waals surface area (Å²) in [6, 6.07) is 0. The summed E-state index contributed by atoms with van der Waals surface area (Å²) in [4.78, 5) is 8.26. The highest BCUT2D eigenvalue weighted by Gasteiger charge is 2.17. The number of anilines is 1. The zero-order valence-electron chi connectivity index (χ0n) is 8.50. The molecule has 0 spiro atoms. The monoisotopic (exact) mass is 259 g/mol. The van der Waals surface area contributed by atoms with Gasteiger partial charge in [0.2, 0.25) is 0 Å². The van der Waals surface area contributed by atoms with Crippen LogP contribution in [0.5, 0.6) is 0 Å². The highest BCUT2D eigenvalue weighted by molar-refractivity contribution is 9.10. The van der Waals surface area contributed by atoms with Crippen molar-refractivity contribution >= 4 is 21.7 Å². The quantitative estimate of drug-likeness (QED) is 0.869. The van der Waals surface area contributed by atoms with Crippen LogP contribution in [0, 0.1) is 6.92 Å². The zero-order chi connectivity index (χ0) is 10.8. The molecule has 1 rings (SSSR count). The third-order valence-corrected chi connectivity index (χ3v) is 2.30. The first kappa shape index (κ1) is 11.4. The molecule has 5 heteroatoms. The number of aliphatic hydroxyl groups excluding tert-OH is 1. The Balaban J connectivity index is 2.91. The molecule has 0 amide bonds. The van der Waals surface area contributed by atoms with Crippen molar-refractivity contribution in [2.24, 2.45) is 0 Å². The first-order chi connectivity index (χ1) is 6.44. The van der Waals surface area contributed by atoms with Crippen LogP contribution in [-0.4, -0.2) is 27.2 Å². The lowest BCUT2D eigenvalue weighted by atomic mass is 10.1. The van der Waals surface area contributed by atoms with E-state index in [2.05, 4.69) is 31.2 Å². The van der Waals surface area contributed by atoms with E-state index in [0.29, 0.717) is 11.6 Å². The van der Waals surface area contributed by atoms with Crippen LogP contribution in [0.1, 0.15) is 19.7 Å². The second-order valence-electron chi connectivity index (χ2n) is 3.78. The average molecular weight is 260 g/mol. The molecule has 0 fully saturated rings. The van der Waals surface area contributed by atoms with Crippen molar-refractivity contribution in [2.75, 3.05) is 11.9 Å². The molecule has 14 heavy (non-hydrogen) atoms. The van der Waals surface area contributed by atoms with Crippen LogP contribution >= 0.6 is 15.9 Å². The minimum atomic E-state index is -0.386. The lowest BCUT2D eigenvalue weighted by Gasteiger charge is -2.24. The van der Waals surface area contributed by atoms with Crippen LogP contribution in [0.15, 0.2) is 10.7 Å². The number of nitrogens with zero attached hydrogens (tertiary/aromatic N) is 2. The van der Waals surface area contributed by atoms with E-state index in [1.165, 1.54) is 0 Å². The molecule has 0 aromatic carbocycles. The molecule has 0 aliphatic rings. The fourth-order valence-corrected chi connectivity index (χ4v) is 1.19. The maximum Gasteiger partial charge on any atom is 0.144 e. The average Bonchev–Trinajstić information content (AvgIpc) is 2.11. The van der Waals surface area contributed by atoms with Crippen LogP contribution in [0.4, 0.5) is 5.82 Å². The number of aromatic nitrogens is 2. The summed E-state index contributed by atoms with van der Waals surface area (Å²) >= 11 is 3.34. The molecule has 0 saturated heterocycles.